The molecule has 1 saturated heterocycles. The zero-order valence-electron chi connectivity index (χ0n) is 15.8. The average molecular weight is 344 g/mol. The highest BCUT2D eigenvalue weighted by atomic mass is 16.2. The number of hydrogen-bond acceptors (Lipinski definition) is 3. The number of likely N-dealkylation sites (tertiary alicyclic amines) is 1. The molecule has 0 radical (unpaired) electrons. The molecular formula is C20H28N2O3. The van der Waals surface area contributed by atoms with Gasteiger partial charge in [-0.3, -0.25) is 19.3 Å². The first-order valence-electron chi connectivity index (χ1n) is 8.71. The molecule has 0 aliphatic carbocycles. The van der Waals surface area contributed by atoms with Crippen molar-refractivity contribution in [2.24, 2.45) is 5.41 Å². The van der Waals surface area contributed by atoms with Crippen molar-refractivity contribution in [2.45, 2.75) is 66.0 Å². The van der Waals surface area contributed by atoms with Crippen molar-refractivity contribution in [1.29, 1.82) is 0 Å². The Bertz CT molecular complexity index is 653. The number of carbonyl (C=O) groups is 3. The van der Waals surface area contributed by atoms with Gasteiger partial charge in [0.25, 0.3) is 5.91 Å². The van der Waals surface area contributed by atoms with Crippen LogP contribution in [0.25, 0.3) is 0 Å². The van der Waals surface area contributed by atoms with E-state index < -0.39 is 0 Å². The van der Waals surface area contributed by atoms with Crippen molar-refractivity contribution in [1.82, 2.24) is 10.2 Å². The Hall–Kier alpha value is -2.17. The first kappa shape index (κ1) is 19.2. The van der Waals surface area contributed by atoms with Gasteiger partial charge in [0, 0.05) is 23.9 Å². The van der Waals surface area contributed by atoms with Gasteiger partial charge >= 0.3 is 0 Å². The van der Waals surface area contributed by atoms with Crippen LogP contribution >= 0.6 is 0 Å². The van der Waals surface area contributed by atoms with Crippen LogP contribution in [0.4, 0.5) is 0 Å². The van der Waals surface area contributed by atoms with Crippen molar-refractivity contribution < 1.29 is 14.4 Å². The molecule has 0 bridgehead atoms. The fourth-order valence-electron chi connectivity index (χ4n) is 3.49. The number of hydrogen-bond donors (Lipinski definition) is 1. The summed E-state index contributed by atoms with van der Waals surface area (Å²) in [5, 5.41) is 3.08. The van der Waals surface area contributed by atoms with Crippen LogP contribution < -0.4 is 5.32 Å². The van der Waals surface area contributed by atoms with Gasteiger partial charge < -0.3 is 5.32 Å². The molecule has 5 heteroatoms. The first-order chi connectivity index (χ1) is 11.5. The number of imide groups is 1. The molecule has 1 aromatic carbocycles. The Labute approximate surface area is 149 Å². The molecule has 3 amide bonds. The van der Waals surface area contributed by atoms with Gasteiger partial charge in [0.1, 0.15) is 0 Å². The predicted molar refractivity (Wildman–Crippen MR) is 96.9 cm³/mol. The van der Waals surface area contributed by atoms with Crippen LogP contribution in [0, 0.1) is 5.41 Å². The third-order valence-electron chi connectivity index (χ3n) is 4.14. The SMILES string of the molecule is CC(C)(C)CC(C)(C)NC(=O)c1ccc(CN2C(=O)CCC2=O)cc1. The lowest BCUT2D eigenvalue weighted by Gasteiger charge is -2.33. The van der Waals surface area contributed by atoms with Crippen molar-refractivity contribution in [3.8, 4) is 0 Å². The van der Waals surface area contributed by atoms with Gasteiger partial charge in [-0.1, -0.05) is 32.9 Å². The maximum absolute atomic E-state index is 12.5. The monoisotopic (exact) mass is 344 g/mol. The van der Waals surface area contributed by atoms with E-state index in [-0.39, 0.29) is 35.2 Å². The maximum atomic E-state index is 12.5. The molecular weight excluding hydrogens is 316 g/mol. The second-order valence-corrected chi connectivity index (χ2v) is 8.65. The standard InChI is InChI=1S/C20H28N2O3/c1-19(2,3)13-20(4,5)21-18(25)15-8-6-14(7-9-15)12-22-16(23)10-11-17(22)24/h6-9H,10-13H2,1-5H3,(H,21,25). The van der Waals surface area contributed by atoms with Gasteiger partial charge in [0.05, 0.1) is 6.54 Å². The smallest absolute Gasteiger partial charge is 0.251 e. The molecule has 1 heterocycles. The van der Waals surface area contributed by atoms with Crippen molar-refractivity contribution in [3.63, 3.8) is 0 Å². The largest absolute Gasteiger partial charge is 0.347 e. The van der Waals surface area contributed by atoms with E-state index in [2.05, 4.69) is 26.1 Å². The maximum Gasteiger partial charge on any atom is 0.251 e. The molecule has 1 N–H and O–H groups in total. The van der Waals surface area contributed by atoms with E-state index in [9.17, 15) is 14.4 Å². The Kier molecular flexibility index (Phi) is 5.35. The topological polar surface area (TPSA) is 66.5 Å². The summed E-state index contributed by atoms with van der Waals surface area (Å²) < 4.78 is 0. The van der Waals surface area contributed by atoms with Gasteiger partial charge in [-0.25, -0.2) is 0 Å². The van der Waals surface area contributed by atoms with E-state index in [1.54, 1.807) is 24.3 Å². The second-order valence-electron chi connectivity index (χ2n) is 8.65. The van der Waals surface area contributed by atoms with Gasteiger partial charge in [-0.15, -0.1) is 0 Å². The van der Waals surface area contributed by atoms with Gasteiger partial charge in [0.15, 0.2) is 0 Å². The number of rotatable bonds is 5. The van der Waals surface area contributed by atoms with Crippen molar-refractivity contribution >= 4 is 17.7 Å². The Morgan fingerprint density at radius 1 is 1.00 bits per heavy atom. The van der Waals surface area contributed by atoms with E-state index in [0.717, 1.165) is 12.0 Å². The van der Waals surface area contributed by atoms with Crippen LogP contribution in [0.3, 0.4) is 0 Å². The lowest BCUT2D eigenvalue weighted by Crippen LogP contribution is -2.45. The van der Waals surface area contributed by atoms with E-state index in [4.69, 9.17) is 0 Å². The average Bonchev–Trinajstić information content (AvgIpc) is 2.76. The van der Waals surface area contributed by atoms with Gasteiger partial charge in [0.2, 0.25) is 11.8 Å². The molecule has 1 aliphatic rings. The number of benzene rings is 1. The molecule has 2 rings (SSSR count). The minimum absolute atomic E-state index is 0.117. The summed E-state index contributed by atoms with van der Waals surface area (Å²) in [6, 6.07) is 7.07. The van der Waals surface area contributed by atoms with Crippen LogP contribution in [0.1, 0.15) is 69.8 Å². The third kappa shape index (κ3) is 5.41. The minimum Gasteiger partial charge on any atom is -0.347 e. The number of nitrogens with one attached hydrogen (secondary N) is 1. The number of amides is 3. The molecule has 0 aromatic heterocycles. The van der Waals surface area contributed by atoms with Crippen molar-refractivity contribution in [2.75, 3.05) is 0 Å². The lowest BCUT2D eigenvalue weighted by molar-refractivity contribution is -0.139. The Balaban J connectivity index is 2.00. The molecule has 136 valence electrons. The normalized spacial score (nSPS) is 15.6. The van der Waals surface area contributed by atoms with E-state index in [0.29, 0.717) is 18.4 Å². The fourth-order valence-corrected chi connectivity index (χ4v) is 3.49. The molecule has 5 nitrogen and oxygen atoms in total. The highest BCUT2D eigenvalue weighted by molar-refractivity contribution is 6.01. The highest BCUT2D eigenvalue weighted by Crippen LogP contribution is 2.27. The summed E-state index contributed by atoms with van der Waals surface area (Å²) in [5.74, 6) is -0.374. The van der Waals surface area contributed by atoms with Crippen LogP contribution in [0.5, 0.6) is 0 Å². The van der Waals surface area contributed by atoms with Crippen LogP contribution in [0.2, 0.25) is 0 Å². The Morgan fingerprint density at radius 2 is 1.52 bits per heavy atom. The van der Waals surface area contributed by atoms with Gasteiger partial charge in [-0.2, -0.15) is 0 Å². The molecule has 0 atom stereocenters. The third-order valence-corrected chi connectivity index (χ3v) is 4.14. The molecule has 1 fully saturated rings. The number of carbonyl (C=O) groups excluding carboxylic acids is 3. The lowest BCUT2D eigenvalue weighted by atomic mass is 9.81. The molecule has 0 unspecified atom stereocenters. The van der Waals surface area contributed by atoms with Crippen LogP contribution in [-0.4, -0.2) is 28.2 Å². The molecule has 25 heavy (non-hydrogen) atoms. The summed E-state index contributed by atoms with van der Waals surface area (Å²) in [4.78, 5) is 37.1. The van der Waals surface area contributed by atoms with Crippen LogP contribution in [-0.2, 0) is 16.1 Å². The summed E-state index contributed by atoms with van der Waals surface area (Å²) >= 11 is 0. The van der Waals surface area contributed by atoms with E-state index >= 15 is 0 Å². The highest BCUT2D eigenvalue weighted by Gasteiger charge is 2.29. The summed E-state index contributed by atoms with van der Waals surface area (Å²) in [5.41, 5.74) is 1.23. The first-order valence-corrected chi connectivity index (χ1v) is 8.71. The minimum atomic E-state index is -0.303. The summed E-state index contributed by atoms with van der Waals surface area (Å²) in [6.45, 7) is 10.8. The quantitative estimate of drug-likeness (QED) is 0.834. The predicted octanol–water partition coefficient (Wildman–Crippen LogP) is 3.28. The van der Waals surface area contributed by atoms with E-state index in [1.807, 2.05) is 13.8 Å². The summed E-state index contributed by atoms with van der Waals surface area (Å²) in [7, 11) is 0. The second kappa shape index (κ2) is 6.98. The molecule has 1 aliphatic heterocycles. The van der Waals surface area contributed by atoms with Crippen LogP contribution in [0.15, 0.2) is 24.3 Å². The Morgan fingerprint density at radius 3 is 2.00 bits per heavy atom. The van der Waals surface area contributed by atoms with Gasteiger partial charge in [-0.05, 0) is 43.4 Å². The molecule has 0 spiro atoms. The van der Waals surface area contributed by atoms with Crippen molar-refractivity contribution in [3.05, 3.63) is 35.4 Å². The number of nitrogens with zero attached hydrogens (tertiary/aromatic N) is 1. The fraction of sp³-hybridized carbons (Fsp3) is 0.550. The molecule has 1 aromatic rings. The zero-order chi connectivity index (χ0) is 18.8. The molecule has 0 saturated carbocycles. The zero-order valence-corrected chi connectivity index (χ0v) is 15.8. The van der Waals surface area contributed by atoms with E-state index in [1.165, 1.54) is 4.90 Å². The summed E-state index contributed by atoms with van der Waals surface area (Å²) in [6.07, 6.45) is 1.45.